The number of thiophene rings is 1. The first kappa shape index (κ1) is 27.5. The zero-order chi connectivity index (χ0) is 32.6. The zero-order valence-electron chi connectivity index (χ0n) is 26.1. The Labute approximate surface area is 285 Å². The summed E-state index contributed by atoms with van der Waals surface area (Å²) in [6.45, 7) is 7.71. The van der Waals surface area contributed by atoms with Gasteiger partial charge in [-0.2, -0.15) is 5.26 Å². The first-order valence-electron chi connectivity index (χ1n) is 16.1. The molecule has 0 aliphatic carbocycles. The zero-order valence-corrected chi connectivity index (χ0v) is 26.9. The Morgan fingerprint density at radius 2 is 1.10 bits per heavy atom. The molecule has 0 aliphatic rings. The largest absolute Gasteiger partial charge is 0.309 e. The molecular weight excluding hydrogens is 617 g/mol. The molecule has 0 N–H and O–H groups in total. The van der Waals surface area contributed by atoms with Crippen LogP contribution in [0.1, 0.15) is 5.56 Å². The third-order valence-corrected chi connectivity index (χ3v) is 10.9. The fourth-order valence-corrected chi connectivity index (χ4v) is 8.76. The second-order valence-electron chi connectivity index (χ2n) is 12.4. The second kappa shape index (κ2) is 10.4. The SMILES string of the molecule is [C-]#[N+]c1cccc2c1sc1cc3c4ccccc4n(-c4cccc(-c5cccc(-n6c7ccccc7c7cc(C#N)ccc76)c5)c4)c3cc12. The molecule has 0 amide bonds. The summed E-state index contributed by atoms with van der Waals surface area (Å²) in [4.78, 5) is 3.81. The van der Waals surface area contributed by atoms with E-state index in [4.69, 9.17) is 6.57 Å². The summed E-state index contributed by atoms with van der Waals surface area (Å²) >= 11 is 1.70. The Morgan fingerprint density at radius 1 is 0.510 bits per heavy atom. The number of fused-ring (bicyclic) bond motifs is 9. The van der Waals surface area contributed by atoms with E-state index in [0.29, 0.717) is 11.3 Å². The minimum Gasteiger partial charge on any atom is -0.309 e. The fraction of sp³-hybridized carbons (Fsp3) is 0. The number of hydrogen-bond acceptors (Lipinski definition) is 2. The van der Waals surface area contributed by atoms with Gasteiger partial charge in [-0.05, 0) is 83.2 Å². The van der Waals surface area contributed by atoms with E-state index in [1.807, 2.05) is 24.3 Å². The van der Waals surface area contributed by atoms with Crippen molar-refractivity contribution in [2.24, 2.45) is 0 Å². The van der Waals surface area contributed by atoms with Gasteiger partial charge in [0.15, 0.2) is 0 Å². The van der Waals surface area contributed by atoms with Crippen molar-refractivity contribution in [2.75, 3.05) is 0 Å². The van der Waals surface area contributed by atoms with Crippen LogP contribution in [0.15, 0.2) is 146 Å². The molecule has 0 saturated carbocycles. The standard InChI is InChI=1S/C44H24N4S/c1-46-38-16-8-15-34-37-24-42-36(25-43(37)49-44(34)38)33-14-3-5-18-40(33)48(42)31-12-7-10-29(23-31)28-9-6-11-30(22-28)47-39-17-4-2-13-32(39)35-21-27(26-45)19-20-41(35)47/h2-25H. The second-order valence-corrected chi connectivity index (χ2v) is 13.4. The van der Waals surface area contributed by atoms with Crippen LogP contribution in [0, 0.1) is 17.9 Å². The highest BCUT2D eigenvalue weighted by Crippen LogP contribution is 2.44. The third-order valence-electron chi connectivity index (χ3n) is 9.73. The summed E-state index contributed by atoms with van der Waals surface area (Å²) in [5.41, 5.74) is 10.3. The summed E-state index contributed by atoms with van der Waals surface area (Å²) in [6, 6.07) is 53.4. The van der Waals surface area contributed by atoms with Crippen LogP contribution in [0.2, 0.25) is 0 Å². The molecule has 0 atom stereocenters. The Hall–Kier alpha value is -6.66. The van der Waals surface area contributed by atoms with Crippen molar-refractivity contribution in [2.45, 2.75) is 0 Å². The van der Waals surface area contributed by atoms with Gasteiger partial charge in [-0.15, -0.1) is 11.3 Å². The summed E-state index contributed by atoms with van der Waals surface area (Å²) in [6.07, 6.45) is 0. The number of nitrogens with zero attached hydrogens (tertiary/aromatic N) is 4. The van der Waals surface area contributed by atoms with Gasteiger partial charge in [0.2, 0.25) is 5.69 Å². The molecule has 0 saturated heterocycles. The van der Waals surface area contributed by atoms with Crippen LogP contribution in [-0.2, 0) is 0 Å². The van der Waals surface area contributed by atoms with Gasteiger partial charge >= 0.3 is 0 Å². The third kappa shape index (κ3) is 4.01. The average molecular weight is 641 g/mol. The van der Waals surface area contributed by atoms with Crippen molar-refractivity contribution < 1.29 is 0 Å². The molecule has 0 radical (unpaired) electrons. The van der Waals surface area contributed by atoms with Gasteiger partial charge in [0, 0.05) is 47.7 Å². The molecule has 3 heterocycles. The summed E-state index contributed by atoms with van der Waals surface area (Å²) < 4.78 is 6.91. The lowest BCUT2D eigenvalue weighted by Gasteiger charge is -2.13. The van der Waals surface area contributed by atoms with Gasteiger partial charge in [-0.25, -0.2) is 4.85 Å². The molecule has 7 aromatic carbocycles. The van der Waals surface area contributed by atoms with E-state index in [1.165, 1.54) is 20.9 Å². The topological polar surface area (TPSA) is 38.0 Å². The molecule has 0 unspecified atom stereocenters. The Kier molecular flexibility index (Phi) is 5.84. The monoisotopic (exact) mass is 640 g/mol. The first-order chi connectivity index (χ1) is 24.2. The van der Waals surface area contributed by atoms with Crippen molar-refractivity contribution >= 4 is 80.8 Å². The summed E-state index contributed by atoms with van der Waals surface area (Å²) in [5.74, 6) is 0. The van der Waals surface area contributed by atoms with E-state index in [2.05, 4.69) is 141 Å². The van der Waals surface area contributed by atoms with Crippen LogP contribution in [0.3, 0.4) is 0 Å². The van der Waals surface area contributed by atoms with Crippen LogP contribution >= 0.6 is 11.3 Å². The van der Waals surface area contributed by atoms with Crippen LogP contribution < -0.4 is 0 Å². The maximum absolute atomic E-state index is 9.59. The van der Waals surface area contributed by atoms with Crippen molar-refractivity contribution in [3.8, 4) is 28.6 Å². The highest BCUT2D eigenvalue weighted by Gasteiger charge is 2.18. The number of benzene rings is 7. The van der Waals surface area contributed by atoms with Gasteiger partial charge in [-0.1, -0.05) is 78.9 Å². The lowest BCUT2D eigenvalue weighted by molar-refractivity contribution is 1.17. The molecule has 49 heavy (non-hydrogen) atoms. The number of rotatable bonds is 3. The Bertz CT molecular complexity index is 3090. The first-order valence-corrected chi connectivity index (χ1v) is 16.9. The molecule has 226 valence electrons. The maximum Gasteiger partial charge on any atom is 0.204 e. The van der Waals surface area contributed by atoms with Crippen molar-refractivity contribution in [1.82, 2.24) is 9.13 Å². The van der Waals surface area contributed by atoms with Crippen molar-refractivity contribution in [3.63, 3.8) is 0 Å². The van der Waals surface area contributed by atoms with Crippen LogP contribution in [0.5, 0.6) is 0 Å². The van der Waals surface area contributed by atoms with Crippen LogP contribution in [0.4, 0.5) is 5.69 Å². The molecule has 0 aliphatic heterocycles. The van der Waals surface area contributed by atoms with E-state index in [-0.39, 0.29) is 0 Å². The summed E-state index contributed by atoms with van der Waals surface area (Å²) in [7, 11) is 0. The van der Waals surface area contributed by atoms with Gasteiger partial charge in [0.05, 0.1) is 40.3 Å². The van der Waals surface area contributed by atoms with E-state index >= 15 is 0 Å². The molecule has 0 fully saturated rings. The van der Waals surface area contributed by atoms with Crippen molar-refractivity contribution in [3.05, 3.63) is 163 Å². The van der Waals surface area contributed by atoms with Crippen LogP contribution in [-0.4, -0.2) is 9.13 Å². The minimum atomic E-state index is 0.659. The lowest BCUT2D eigenvalue weighted by Crippen LogP contribution is -1.96. The maximum atomic E-state index is 9.59. The van der Waals surface area contributed by atoms with Gasteiger partial charge in [-0.3, -0.25) is 0 Å². The highest BCUT2D eigenvalue weighted by molar-refractivity contribution is 7.26. The molecule has 0 bridgehead atoms. The number of aromatic nitrogens is 2. The van der Waals surface area contributed by atoms with Gasteiger partial charge < -0.3 is 9.13 Å². The molecule has 10 aromatic rings. The average Bonchev–Trinajstić information content (AvgIpc) is 3.81. The normalized spacial score (nSPS) is 11.6. The van der Waals surface area contributed by atoms with Gasteiger partial charge in [0.25, 0.3) is 0 Å². The number of para-hydroxylation sites is 2. The van der Waals surface area contributed by atoms with E-state index in [0.717, 1.165) is 65.4 Å². The molecule has 4 nitrogen and oxygen atoms in total. The quantitative estimate of drug-likeness (QED) is 0.177. The number of nitriles is 1. The van der Waals surface area contributed by atoms with Crippen molar-refractivity contribution in [1.29, 1.82) is 5.26 Å². The lowest BCUT2D eigenvalue weighted by atomic mass is 10.0. The predicted molar refractivity (Wildman–Crippen MR) is 204 cm³/mol. The smallest absolute Gasteiger partial charge is 0.204 e. The molecule has 5 heteroatoms. The number of hydrogen-bond donors (Lipinski definition) is 0. The summed E-state index contributed by atoms with van der Waals surface area (Å²) in [5, 5.41) is 16.5. The molecule has 0 spiro atoms. The molecule has 3 aromatic heterocycles. The predicted octanol–water partition coefficient (Wildman–Crippen LogP) is 12.3. The van der Waals surface area contributed by atoms with E-state index in [9.17, 15) is 5.26 Å². The Balaban J connectivity index is 1.17. The fourth-order valence-electron chi connectivity index (χ4n) is 7.58. The highest BCUT2D eigenvalue weighted by atomic mass is 32.1. The minimum absolute atomic E-state index is 0.659. The molecule has 10 rings (SSSR count). The van der Waals surface area contributed by atoms with Gasteiger partial charge in [0.1, 0.15) is 0 Å². The molecular formula is C44H24N4S. The van der Waals surface area contributed by atoms with Crippen LogP contribution in [0.25, 0.3) is 91.1 Å². The Morgan fingerprint density at radius 3 is 1.78 bits per heavy atom. The van der Waals surface area contributed by atoms with E-state index in [1.54, 1.807) is 11.3 Å². The van der Waals surface area contributed by atoms with E-state index < -0.39 is 0 Å².